The third kappa shape index (κ3) is 6.28. The molecule has 190 valence electrons. The van der Waals surface area contributed by atoms with Crippen LogP contribution in [0.1, 0.15) is 56.4 Å². The van der Waals surface area contributed by atoms with Crippen LogP contribution in [-0.2, 0) is 9.47 Å². The van der Waals surface area contributed by atoms with Crippen LogP contribution in [0.4, 0.5) is 15.3 Å². The fourth-order valence-electron chi connectivity index (χ4n) is 4.00. The quantitative estimate of drug-likeness (QED) is 0.487. The molecule has 1 amide bonds. The van der Waals surface area contributed by atoms with Gasteiger partial charge >= 0.3 is 12.2 Å². The van der Waals surface area contributed by atoms with Gasteiger partial charge in [-0.25, -0.2) is 14.6 Å². The number of carbonyl (C=O) groups is 2. The predicted octanol–water partition coefficient (Wildman–Crippen LogP) is 5.85. The normalized spacial score (nSPS) is 14.4. The van der Waals surface area contributed by atoms with Gasteiger partial charge in [-0.05, 0) is 71.2 Å². The summed E-state index contributed by atoms with van der Waals surface area (Å²) in [5.41, 5.74) is 3.98. The molecular weight excluding hydrogens is 460 g/mol. The highest BCUT2D eigenvalue weighted by Gasteiger charge is 2.25. The predicted molar refractivity (Wildman–Crippen MR) is 135 cm³/mol. The Labute approximate surface area is 210 Å². The average molecular weight is 493 g/mol. The first-order chi connectivity index (χ1) is 17.1. The molecule has 0 radical (unpaired) electrons. The second-order valence-electron chi connectivity index (χ2n) is 9.95. The number of benzene rings is 1. The number of ether oxygens (including phenoxy) is 3. The van der Waals surface area contributed by atoms with Gasteiger partial charge in [-0.15, -0.1) is 0 Å². The zero-order chi connectivity index (χ0) is 25.9. The van der Waals surface area contributed by atoms with E-state index in [1.54, 1.807) is 45.3 Å². The highest BCUT2D eigenvalue weighted by atomic mass is 16.6. The number of rotatable bonds is 4. The second-order valence-corrected chi connectivity index (χ2v) is 9.95. The number of amides is 1. The van der Waals surface area contributed by atoms with Crippen LogP contribution in [0.25, 0.3) is 11.3 Å². The van der Waals surface area contributed by atoms with Gasteiger partial charge in [-0.1, -0.05) is 17.7 Å². The van der Waals surface area contributed by atoms with E-state index in [1.165, 1.54) is 4.68 Å². The third-order valence-electron chi connectivity index (χ3n) is 5.76. The Hall–Kier alpha value is -3.72. The van der Waals surface area contributed by atoms with Crippen molar-refractivity contribution in [3.05, 3.63) is 59.5 Å². The number of nitrogens with zero attached hydrogens (tertiary/aromatic N) is 3. The summed E-state index contributed by atoms with van der Waals surface area (Å²) in [6.07, 6.45) is 3.62. The van der Waals surface area contributed by atoms with Crippen molar-refractivity contribution in [2.24, 2.45) is 0 Å². The Kier molecular flexibility index (Phi) is 7.40. The van der Waals surface area contributed by atoms with E-state index in [4.69, 9.17) is 19.2 Å². The van der Waals surface area contributed by atoms with Crippen LogP contribution < -0.4 is 10.1 Å². The van der Waals surface area contributed by atoms with E-state index in [2.05, 4.69) is 10.4 Å². The summed E-state index contributed by atoms with van der Waals surface area (Å²) in [5.74, 6) is 0.565. The molecule has 0 bridgehead atoms. The summed E-state index contributed by atoms with van der Waals surface area (Å²) >= 11 is 0. The van der Waals surface area contributed by atoms with Gasteiger partial charge in [0.2, 0.25) is 0 Å². The van der Waals surface area contributed by atoms with Crippen LogP contribution in [-0.4, -0.2) is 45.8 Å². The minimum atomic E-state index is -0.631. The largest absolute Gasteiger partial charge is 0.442 e. The maximum Gasteiger partial charge on any atom is 0.435 e. The van der Waals surface area contributed by atoms with E-state index in [0.717, 1.165) is 29.7 Å². The molecule has 3 aromatic rings. The molecule has 36 heavy (non-hydrogen) atoms. The van der Waals surface area contributed by atoms with E-state index in [-0.39, 0.29) is 5.92 Å². The van der Waals surface area contributed by atoms with Crippen LogP contribution in [0.3, 0.4) is 0 Å². The van der Waals surface area contributed by atoms with Gasteiger partial charge in [0.25, 0.3) is 0 Å². The minimum Gasteiger partial charge on any atom is -0.442 e. The Morgan fingerprint density at radius 1 is 1.11 bits per heavy atom. The van der Waals surface area contributed by atoms with Gasteiger partial charge < -0.3 is 14.2 Å². The molecule has 9 nitrogen and oxygen atoms in total. The molecule has 1 aliphatic rings. The van der Waals surface area contributed by atoms with Gasteiger partial charge in [0.15, 0.2) is 0 Å². The highest BCUT2D eigenvalue weighted by Crippen LogP contribution is 2.35. The van der Waals surface area contributed by atoms with Crippen molar-refractivity contribution in [2.75, 3.05) is 18.5 Å². The van der Waals surface area contributed by atoms with Crippen LogP contribution >= 0.6 is 0 Å². The van der Waals surface area contributed by atoms with Crippen LogP contribution in [0.15, 0.2) is 42.7 Å². The van der Waals surface area contributed by atoms with Gasteiger partial charge in [0, 0.05) is 30.9 Å². The van der Waals surface area contributed by atoms with Crippen molar-refractivity contribution in [1.82, 2.24) is 14.8 Å². The third-order valence-corrected chi connectivity index (χ3v) is 5.76. The van der Waals surface area contributed by atoms with Gasteiger partial charge in [0.05, 0.1) is 23.3 Å². The second kappa shape index (κ2) is 10.5. The number of nitrogens with one attached hydrogen (secondary N) is 1. The summed E-state index contributed by atoms with van der Waals surface area (Å²) in [6.45, 7) is 10.5. The minimum absolute atomic E-state index is 0.105. The topological polar surface area (TPSA) is 105 Å². The number of aromatic nitrogens is 3. The zero-order valence-electron chi connectivity index (χ0n) is 21.3. The van der Waals surface area contributed by atoms with Crippen LogP contribution in [0.5, 0.6) is 5.75 Å². The number of aryl methyl sites for hydroxylation is 2. The molecule has 0 aliphatic carbocycles. The lowest BCUT2D eigenvalue weighted by atomic mass is 9.93. The van der Waals surface area contributed by atoms with E-state index >= 15 is 0 Å². The van der Waals surface area contributed by atoms with Crippen molar-refractivity contribution < 1.29 is 23.8 Å². The van der Waals surface area contributed by atoms with E-state index in [9.17, 15) is 9.59 Å². The van der Waals surface area contributed by atoms with Crippen molar-refractivity contribution in [3.63, 3.8) is 0 Å². The molecule has 0 spiro atoms. The Bertz CT molecular complexity index is 1240. The summed E-state index contributed by atoms with van der Waals surface area (Å²) < 4.78 is 17.6. The van der Waals surface area contributed by atoms with Gasteiger partial charge in [-0.2, -0.15) is 9.78 Å². The first-order valence-corrected chi connectivity index (χ1v) is 12.0. The fraction of sp³-hybridized carbons (Fsp3) is 0.407. The molecule has 1 aliphatic heterocycles. The Morgan fingerprint density at radius 2 is 1.81 bits per heavy atom. The van der Waals surface area contributed by atoms with E-state index < -0.39 is 17.8 Å². The SMILES string of the molecule is Cc1ccc(OC(=O)Nc2cc(C)c(-c3cnn(C(=O)OC(C)(C)C)c3)nc2C2CCOCC2)cc1. The number of hydrogen-bond acceptors (Lipinski definition) is 7. The first kappa shape index (κ1) is 25.4. The Morgan fingerprint density at radius 3 is 2.47 bits per heavy atom. The summed E-state index contributed by atoms with van der Waals surface area (Å²) in [4.78, 5) is 30.1. The first-order valence-electron chi connectivity index (χ1n) is 12.0. The number of pyridine rings is 1. The molecule has 1 aromatic carbocycles. The molecule has 0 saturated carbocycles. The van der Waals surface area contributed by atoms with Crippen LogP contribution in [0.2, 0.25) is 0 Å². The molecule has 0 unspecified atom stereocenters. The van der Waals surface area contributed by atoms with Crippen molar-refractivity contribution in [2.45, 2.75) is 59.0 Å². The standard InChI is InChI=1S/C27H32N4O5/c1-17-6-8-21(9-7-17)35-25(32)29-22-14-18(2)23(30-24(22)19-10-12-34-13-11-19)20-15-28-31(16-20)26(33)36-27(3,4)5/h6-9,14-16,19H,10-13H2,1-5H3,(H,29,32). The number of hydrogen-bond donors (Lipinski definition) is 1. The molecule has 0 atom stereocenters. The van der Waals surface area contributed by atoms with E-state index in [0.29, 0.717) is 35.9 Å². The summed E-state index contributed by atoms with van der Waals surface area (Å²) in [6, 6.07) is 9.16. The molecule has 1 saturated heterocycles. The zero-order valence-corrected chi connectivity index (χ0v) is 21.3. The van der Waals surface area contributed by atoms with Crippen molar-refractivity contribution in [3.8, 4) is 17.0 Å². The molecule has 9 heteroatoms. The van der Waals surface area contributed by atoms with Crippen molar-refractivity contribution in [1.29, 1.82) is 0 Å². The molecule has 1 N–H and O–H groups in total. The maximum atomic E-state index is 12.7. The number of carbonyl (C=O) groups excluding carboxylic acids is 2. The summed E-state index contributed by atoms with van der Waals surface area (Å²) in [7, 11) is 0. The lowest BCUT2D eigenvalue weighted by Crippen LogP contribution is -2.27. The highest BCUT2D eigenvalue weighted by molar-refractivity contribution is 5.88. The Balaban J connectivity index is 1.62. The molecular formula is C27H32N4O5. The van der Waals surface area contributed by atoms with Gasteiger partial charge in [-0.3, -0.25) is 5.32 Å². The molecule has 4 rings (SSSR count). The molecule has 2 aromatic heterocycles. The van der Waals surface area contributed by atoms with E-state index in [1.807, 2.05) is 32.0 Å². The lowest BCUT2D eigenvalue weighted by Gasteiger charge is -2.25. The monoisotopic (exact) mass is 492 g/mol. The van der Waals surface area contributed by atoms with Crippen molar-refractivity contribution >= 4 is 17.9 Å². The van der Waals surface area contributed by atoms with Gasteiger partial charge in [0.1, 0.15) is 11.4 Å². The maximum absolute atomic E-state index is 12.7. The lowest BCUT2D eigenvalue weighted by molar-refractivity contribution is 0.0514. The molecule has 1 fully saturated rings. The molecule has 3 heterocycles. The number of anilines is 1. The fourth-order valence-corrected chi connectivity index (χ4v) is 4.00. The van der Waals surface area contributed by atoms with Crippen LogP contribution in [0, 0.1) is 13.8 Å². The smallest absolute Gasteiger partial charge is 0.435 e. The summed E-state index contributed by atoms with van der Waals surface area (Å²) in [5, 5.41) is 7.06. The average Bonchev–Trinajstić information content (AvgIpc) is 3.30.